The average Bonchev–Trinajstić information content (AvgIpc) is 2.12. The van der Waals surface area contributed by atoms with Crippen molar-refractivity contribution >= 4 is 7.60 Å². The molecular weight excluding hydrogens is 183 g/mol. The lowest BCUT2D eigenvalue weighted by molar-refractivity contribution is 0.157. The third-order valence-electron chi connectivity index (χ3n) is 1.49. The molecule has 0 aliphatic rings. The van der Waals surface area contributed by atoms with Crippen LogP contribution >= 0.6 is 7.60 Å². The van der Waals surface area contributed by atoms with Crippen LogP contribution in [0.3, 0.4) is 0 Å². The highest BCUT2D eigenvalue weighted by molar-refractivity contribution is 7.54. The van der Waals surface area contributed by atoms with E-state index in [1.165, 1.54) is 14.2 Å². The Bertz CT molecular complexity index is 152. The normalized spacial score (nSPS) is 14.7. The molecule has 0 saturated heterocycles. The SMILES string of the molecule is COP(=O)(OC)C(O)CCCO. The molecule has 1 unspecified atom stereocenters. The van der Waals surface area contributed by atoms with Gasteiger partial charge in [-0.3, -0.25) is 4.57 Å². The van der Waals surface area contributed by atoms with E-state index in [1.807, 2.05) is 0 Å². The van der Waals surface area contributed by atoms with Crippen molar-refractivity contribution in [3.8, 4) is 0 Å². The van der Waals surface area contributed by atoms with Gasteiger partial charge in [-0.1, -0.05) is 0 Å². The van der Waals surface area contributed by atoms with Crippen LogP contribution in [0.5, 0.6) is 0 Å². The number of aliphatic hydroxyl groups is 2. The highest BCUT2D eigenvalue weighted by Gasteiger charge is 2.31. The monoisotopic (exact) mass is 198 g/mol. The third kappa shape index (κ3) is 3.21. The minimum Gasteiger partial charge on any atom is -0.396 e. The van der Waals surface area contributed by atoms with E-state index >= 15 is 0 Å². The molecule has 0 saturated carbocycles. The Kier molecular flexibility index (Phi) is 5.70. The standard InChI is InChI=1S/C6H15O5P/c1-10-12(9,11-2)6(8)4-3-5-7/h6-8H,3-5H2,1-2H3. The smallest absolute Gasteiger partial charge is 0.358 e. The molecule has 0 amide bonds. The van der Waals surface area contributed by atoms with Gasteiger partial charge in [0.15, 0.2) is 5.85 Å². The maximum atomic E-state index is 11.4. The van der Waals surface area contributed by atoms with Gasteiger partial charge in [0.1, 0.15) is 0 Å². The largest absolute Gasteiger partial charge is 0.396 e. The van der Waals surface area contributed by atoms with Crippen LogP contribution in [0.2, 0.25) is 0 Å². The topological polar surface area (TPSA) is 76.0 Å². The summed E-state index contributed by atoms with van der Waals surface area (Å²) in [5.41, 5.74) is 0. The average molecular weight is 198 g/mol. The van der Waals surface area contributed by atoms with Crippen LogP contribution in [0.4, 0.5) is 0 Å². The predicted octanol–water partition coefficient (Wildman–Crippen LogP) is 0.563. The van der Waals surface area contributed by atoms with E-state index in [2.05, 4.69) is 9.05 Å². The van der Waals surface area contributed by atoms with E-state index in [0.29, 0.717) is 6.42 Å². The Morgan fingerprint density at radius 1 is 1.42 bits per heavy atom. The first-order valence-electron chi connectivity index (χ1n) is 3.61. The van der Waals surface area contributed by atoms with Crippen molar-refractivity contribution in [2.24, 2.45) is 0 Å². The summed E-state index contributed by atoms with van der Waals surface area (Å²) < 4.78 is 20.5. The molecule has 0 heterocycles. The lowest BCUT2D eigenvalue weighted by Crippen LogP contribution is -2.10. The highest BCUT2D eigenvalue weighted by Crippen LogP contribution is 2.51. The van der Waals surface area contributed by atoms with E-state index in [4.69, 9.17) is 5.11 Å². The van der Waals surface area contributed by atoms with E-state index in [0.717, 1.165) is 0 Å². The maximum absolute atomic E-state index is 11.4. The minimum absolute atomic E-state index is 0.0511. The van der Waals surface area contributed by atoms with Gasteiger partial charge in [-0.15, -0.1) is 0 Å². The van der Waals surface area contributed by atoms with Crippen molar-refractivity contribution in [2.45, 2.75) is 18.7 Å². The fraction of sp³-hybridized carbons (Fsp3) is 1.00. The number of hydrogen-bond acceptors (Lipinski definition) is 5. The lowest BCUT2D eigenvalue weighted by atomic mass is 10.3. The van der Waals surface area contributed by atoms with Crippen molar-refractivity contribution in [1.82, 2.24) is 0 Å². The van der Waals surface area contributed by atoms with Crippen LogP contribution in [0.1, 0.15) is 12.8 Å². The Morgan fingerprint density at radius 3 is 2.25 bits per heavy atom. The molecule has 5 nitrogen and oxygen atoms in total. The second kappa shape index (κ2) is 5.67. The van der Waals surface area contributed by atoms with Crippen molar-refractivity contribution in [3.63, 3.8) is 0 Å². The number of hydrogen-bond donors (Lipinski definition) is 2. The molecule has 2 N–H and O–H groups in total. The molecule has 0 aliphatic carbocycles. The molecule has 0 aromatic rings. The van der Waals surface area contributed by atoms with Crippen LogP contribution in [0.15, 0.2) is 0 Å². The Balaban J connectivity index is 4.03. The van der Waals surface area contributed by atoms with Gasteiger partial charge in [-0.2, -0.15) is 0 Å². The molecule has 0 fully saturated rings. The third-order valence-corrected chi connectivity index (χ3v) is 3.50. The second-order valence-electron chi connectivity index (χ2n) is 2.25. The molecule has 0 rings (SSSR count). The second-order valence-corrected chi connectivity index (χ2v) is 4.66. The Labute approximate surface area is 71.8 Å². The zero-order chi connectivity index (χ0) is 9.61. The summed E-state index contributed by atoms with van der Waals surface area (Å²) in [5, 5.41) is 17.7. The quantitative estimate of drug-likeness (QED) is 0.610. The molecule has 1 atom stereocenters. The number of aliphatic hydroxyl groups excluding tert-OH is 2. The van der Waals surface area contributed by atoms with Gasteiger partial charge in [-0.25, -0.2) is 0 Å². The zero-order valence-corrected chi connectivity index (χ0v) is 8.16. The first-order valence-corrected chi connectivity index (χ1v) is 5.22. The molecule has 0 aromatic carbocycles. The molecule has 12 heavy (non-hydrogen) atoms. The summed E-state index contributed by atoms with van der Waals surface area (Å²) in [4.78, 5) is 0. The maximum Gasteiger partial charge on any atom is 0.358 e. The predicted molar refractivity (Wildman–Crippen MR) is 44.0 cm³/mol. The molecule has 0 aliphatic heterocycles. The molecule has 6 heteroatoms. The summed E-state index contributed by atoms with van der Waals surface area (Å²) in [6.07, 6.45) is 0.577. The van der Waals surface area contributed by atoms with Crippen LogP contribution < -0.4 is 0 Å². The van der Waals surface area contributed by atoms with Gasteiger partial charge in [0, 0.05) is 20.8 Å². The van der Waals surface area contributed by atoms with Crippen molar-refractivity contribution in [3.05, 3.63) is 0 Å². The number of rotatable bonds is 6. The molecule has 0 radical (unpaired) electrons. The zero-order valence-electron chi connectivity index (χ0n) is 7.27. The fourth-order valence-corrected chi connectivity index (χ4v) is 1.88. The van der Waals surface area contributed by atoms with Gasteiger partial charge in [0.05, 0.1) is 0 Å². The van der Waals surface area contributed by atoms with Crippen molar-refractivity contribution in [2.75, 3.05) is 20.8 Å². The Hall–Kier alpha value is 0.0700. The van der Waals surface area contributed by atoms with Gasteiger partial charge in [-0.05, 0) is 12.8 Å². The molecule has 0 aromatic heterocycles. The minimum atomic E-state index is -3.36. The van der Waals surface area contributed by atoms with Crippen molar-refractivity contribution < 1.29 is 23.8 Å². The molecule has 0 spiro atoms. The van der Waals surface area contributed by atoms with Crippen LogP contribution in [-0.4, -0.2) is 36.9 Å². The first-order chi connectivity index (χ1) is 5.60. The Morgan fingerprint density at radius 2 is 1.92 bits per heavy atom. The van der Waals surface area contributed by atoms with E-state index < -0.39 is 13.4 Å². The van der Waals surface area contributed by atoms with E-state index in [9.17, 15) is 9.67 Å². The van der Waals surface area contributed by atoms with Gasteiger partial charge in [0.2, 0.25) is 0 Å². The summed E-state index contributed by atoms with van der Waals surface area (Å²) in [5.74, 6) is -1.15. The molecule has 0 bridgehead atoms. The molecular formula is C6H15O5P. The van der Waals surface area contributed by atoms with Crippen molar-refractivity contribution in [1.29, 1.82) is 0 Å². The van der Waals surface area contributed by atoms with Gasteiger partial charge >= 0.3 is 7.60 Å². The first kappa shape index (κ1) is 12.1. The lowest BCUT2D eigenvalue weighted by Gasteiger charge is -2.18. The summed E-state index contributed by atoms with van der Waals surface area (Å²) in [7, 11) is -0.928. The van der Waals surface area contributed by atoms with E-state index in [1.54, 1.807) is 0 Å². The fourth-order valence-electron chi connectivity index (χ4n) is 0.750. The van der Waals surface area contributed by atoms with Gasteiger partial charge < -0.3 is 19.3 Å². The van der Waals surface area contributed by atoms with Crippen LogP contribution in [0, 0.1) is 0 Å². The van der Waals surface area contributed by atoms with E-state index in [-0.39, 0.29) is 13.0 Å². The van der Waals surface area contributed by atoms with Crippen LogP contribution in [-0.2, 0) is 13.6 Å². The van der Waals surface area contributed by atoms with Crippen LogP contribution in [0.25, 0.3) is 0 Å². The summed E-state index contributed by atoms with van der Waals surface area (Å²) >= 11 is 0. The summed E-state index contributed by atoms with van der Waals surface area (Å²) in [6.45, 7) is -0.0511. The van der Waals surface area contributed by atoms with Gasteiger partial charge in [0.25, 0.3) is 0 Å². The highest BCUT2D eigenvalue weighted by atomic mass is 31.2. The summed E-state index contributed by atoms with van der Waals surface area (Å²) in [6, 6.07) is 0. The molecule has 74 valence electrons.